The summed E-state index contributed by atoms with van der Waals surface area (Å²) in [6.07, 6.45) is 3.67. The Kier molecular flexibility index (Phi) is 3.51. The average Bonchev–Trinajstić information content (AvgIpc) is 2.70. The molecular formula is C15H17NO2. The van der Waals surface area contributed by atoms with Gasteiger partial charge >= 0.3 is 0 Å². The number of carbonyl (C=O) groups excluding carboxylic acids is 1. The Morgan fingerprint density at radius 3 is 2.83 bits per heavy atom. The molecule has 0 atom stereocenters. The molecule has 2 aromatic rings. The van der Waals surface area contributed by atoms with Gasteiger partial charge in [0.05, 0.1) is 12.7 Å². The van der Waals surface area contributed by atoms with Gasteiger partial charge in [0.1, 0.15) is 5.58 Å². The van der Waals surface area contributed by atoms with E-state index >= 15 is 0 Å². The number of carbonyl (C=O) groups is 1. The van der Waals surface area contributed by atoms with Crippen LogP contribution in [0.5, 0.6) is 0 Å². The summed E-state index contributed by atoms with van der Waals surface area (Å²) in [5.41, 5.74) is 4.16. The number of fused-ring (bicyclic) bond motifs is 1. The minimum atomic E-state index is -0.0178. The largest absolute Gasteiger partial charge is 0.464 e. The number of hydrogen-bond acceptors (Lipinski definition) is 2. The van der Waals surface area contributed by atoms with Gasteiger partial charge in [-0.25, -0.2) is 0 Å². The fourth-order valence-electron chi connectivity index (χ4n) is 1.89. The molecule has 1 heterocycles. The molecule has 2 rings (SSSR count). The minimum Gasteiger partial charge on any atom is -0.464 e. The van der Waals surface area contributed by atoms with E-state index in [9.17, 15) is 4.79 Å². The van der Waals surface area contributed by atoms with Gasteiger partial charge in [0, 0.05) is 17.5 Å². The Labute approximate surface area is 106 Å². The summed E-state index contributed by atoms with van der Waals surface area (Å²) >= 11 is 0. The highest BCUT2D eigenvalue weighted by atomic mass is 16.3. The third-order valence-corrected chi connectivity index (χ3v) is 3.06. The highest BCUT2D eigenvalue weighted by molar-refractivity contribution is 5.88. The van der Waals surface area contributed by atoms with Crippen LogP contribution in [0.1, 0.15) is 16.7 Å². The van der Waals surface area contributed by atoms with Crippen LogP contribution in [-0.2, 0) is 11.2 Å². The maximum atomic E-state index is 11.7. The molecule has 0 spiro atoms. The topological polar surface area (TPSA) is 42.2 Å². The van der Waals surface area contributed by atoms with Crippen LogP contribution in [0.25, 0.3) is 11.0 Å². The second kappa shape index (κ2) is 5.08. The van der Waals surface area contributed by atoms with Crippen molar-refractivity contribution in [2.24, 2.45) is 0 Å². The second-order valence-electron chi connectivity index (χ2n) is 4.46. The first-order chi connectivity index (χ1) is 8.61. The molecule has 1 amide bonds. The Morgan fingerprint density at radius 2 is 2.11 bits per heavy atom. The normalized spacial score (nSPS) is 10.6. The highest BCUT2D eigenvalue weighted by Crippen LogP contribution is 2.25. The maximum Gasteiger partial charge on any atom is 0.224 e. The summed E-state index contributed by atoms with van der Waals surface area (Å²) in [6.45, 7) is 8.17. The smallest absolute Gasteiger partial charge is 0.224 e. The van der Waals surface area contributed by atoms with E-state index in [2.05, 4.69) is 24.9 Å². The first-order valence-corrected chi connectivity index (χ1v) is 5.96. The number of hydrogen-bond donors (Lipinski definition) is 1. The lowest BCUT2D eigenvalue weighted by atomic mass is 10.0. The zero-order valence-electron chi connectivity index (χ0n) is 10.7. The van der Waals surface area contributed by atoms with Crippen molar-refractivity contribution >= 4 is 16.9 Å². The lowest BCUT2D eigenvalue weighted by Gasteiger charge is -2.02. The Bertz CT molecular complexity index is 596. The van der Waals surface area contributed by atoms with E-state index in [4.69, 9.17) is 4.42 Å². The third-order valence-electron chi connectivity index (χ3n) is 3.06. The van der Waals surface area contributed by atoms with Gasteiger partial charge in [0.2, 0.25) is 5.91 Å². The molecule has 0 saturated carbocycles. The van der Waals surface area contributed by atoms with Gasteiger partial charge in [0.25, 0.3) is 0 Å². The number of furan rings is 1. The van der Waals surface area contributed by atoms with Crippen LogP contribution in [-0.4, -0.2) is 12.5 Å². The summed E-state index contributed by atoms with van der Waals surface area (Å²) in [4.78, 5) is 11.7. The maximum absolute atomic E-state index is 11.7. The van der Waals surface area contributed by atoms with Crippen LogP contribution in [0.4, 0.5) is 0 Å². The van der Waals surface area contributed by atoms with Gasteiger partial charge in [-0.2, -0.15) is 0 Å². The predicted octanol–water partition coefficient (Wildman–Crippen LogP) is 2.89. The monoisotopic (exact) mass is 243 g/mol. The lowest BCUT2D eigenvalue weighted by molar-refractivity contribution is -0.120. The van der Waals surface area contributed by atoms with Gasteiger partial charge < -0.3 is 9.73 Å². The quantitative estimate of drug-likeness (QED) is 0.839. The van der Waals surface area contributed by atoms with Crippen molar-refractivity contribution < 1.29 is 9.21 Å². The van der Waals surface area contributed by atoms with E-state index in [1.807, 2.05) is 13.0 Å². The fraction of sp³-hybridized carbons (Fsp3) is 0.267. The minimum absolute atomic E-state index is 0.0178. The second-order valence-corrected chi connectivity index (χ2v) is 4.46. The fourth-order valence-corrected chi connectivity index (χ4v) is 1.89. The van der Waals surface area contributed by atoms with E-state index in [0.717, 1.165) is 16.5 Å². The average molecular weight is 243 g/mol. The predicted molar refractivity (Wildman–Crippen MR) is 72.6 cm³/mol. The summed E-state index contributed by atoms with van der Waals surface area (Å²) in [5.74, 6) is -0.0178. The number of amides is 1. The van der Waals surface area contributed by atoms with E-state index < -0.39 is 0 Å². The summed E-state index contributed by atoms with van der Waals surface area (Å²) in [5, 5.41) is 3.78. The Morgan fingerprint density at radius 1 is 1.39 bits per heavy atom. The molecule has 0 radical (unpaired) electrons. The van der Waals surface area contributed by atoms with Gasteiger partial charge in [-0.15, -0.1) is 6.58 Å². The van der Waals surface area contributed by atoms with Gasteiger partial charge in [-0.3, -0.25) is 4.79 Å². The molecule has 0 saturated heterocycles. The van der Waals surface area contributed by atoms with Crippen LogP contribution in [0.15, 0.2) is 35.5 Å². The Hall–Kier alpha value is -2.03. The number of nitrogens with one attached hydrogen (secondary N) is 1. The molecule has 0 unspecified atom stereocenters. The standard InChI is InChI=1S/C15H17NO2/c1-4-5-16-15(17)8-12-9-18-14-7-11(3)10(2)6-13(12)14/h4,6-7,9H,1,5,8H2,2-3H3,(H,16,17). The van der Waals surface area contributed by atoms with Crippen LogP contribution in [0.2, 0.25) is 0 Å². The van der Waals surface area contributed by atoms with Crippen molar-refractivity contribution in [1.82, 2.24) is 5.32 Å². The molecule has 0 aliphatic heterocycles. The van der Waals surface area contributed by atoms with Crippen LogP contribution in [0.3, 0.4) is 0 Å². The zero-order valence-corrected chi connectivity index (χ0v) is 10.7. The van der Waals surface area contributed by atoms with Crippen LogP contribution < -0.4 is 5.32 Å². The molecule has 0 aliphatic rings. The lowest BCUT2D eigenvalue weighted by Crippen LogP contribution is -2.24. The SMILES string of the molecule is C=CCNC(=O)Cc1coc2cc(C)c(C)cc12. The molecule has 1 N–H and O–H groups in total. The van der Waals surface area contributed by atoms with Gasteiger partial charge in [0.15, 0.2) is 0 Å². The van der Waals surface area contributed by atoms with E-state index in [0.29, 0.717) is 13.0 Å². The van der Waals surface area contributed by atoms with E-state index in [1.54, 1.807) is 12.3 Å². The first-order valence-electron chi connectivity index (χ1n) is 5.96. The molecular weight excluding hydrogens is 226 g/mol. The molecule has 94 valence electrons. The molecule has 18 heavy (non-hydrogen) atoms. The van der Waals surface area contributed by atoms with Crippen LogP contribution in [0, 0.1) is 13.8 Å². The van der Waals surface area contributed by atoms with Crippen molar-refractivity contribution in [3.05, 3.63) is 47.7 Å². The van der Waals surface area contributed by atoms with Crippen molar-refractivity contribution in [2.75, 3.05) is 6.54 Å². The van der Waals surface area contributed by atoms with E-state index in [1.165, 1.54) is 11.1 Å². The molecule has 3 heteroatoms. The van der Waals surface area contributed by atoms with Gasteiger partial charge in [-0.1, -0.05) is 6.08 Å². The number of rotatable bonds is 4. The van der Waals surface area contributed by atoms with Crippen molar-refractivity contribution in [3.63, 3.8) is 0 Å². The van der Waals surface area contributed by atoms with E-state index in [-0.39, 0.29) is 5.91 Å². The Balaban J connectivity index is 2.26. The molecule has 0 bridgehead atoms. The highest BCUT2D eigenvalue weighted by Gasteiger charge is 2.11. The molecule has 1 aromatic heterocycles. The molecule has 0 fully saturated rings. The number of benzene rings is 1. The summed E-state index contributed by atoms with van der Waals surface area (Å²) < 4.78 is 5.49. The molecule has 0 aliphatic carbocycles. The molecule has 3 nitrogen and oxygen atoms in total. The van der Waals surface area contributed by atoms with Crippen molar-refractivity contribution in [2.45, 2.75) is 20.3 Å². The third kappa shape index (κ3) is 2.45. The van der Waals surface area contributed by atoms with Crippen LogP contribution >= 0.6 is 0 Å². The number of aryl methyl sites for hydroxylation is 2. The van der Waals surface area contributed by atoms with Crippen molar-refractivity contribution in [1.29, 1.82) is 0 Å². The first kappa shape index (κ1) is 12.4. The molecule has 1 aromatic carbocycles. The van der Waals surface area contributed by atoms with Crippen molar-refractivity contribution in [3.8, 4) is 0 Å². The summed E-state index contributed by atoms with van der Waals surface area (Å²) in [6, 6.07) is 4.08. The summed E-state index contributed by atoms with van der Waals surface area (Å²) in [7, 11) is 0. The zero-order chi connectivity index (χ0) is 13.1. The van der Waals surface area contributed by atoms with Gasteiger partial charge in [-0.05, 0) is 37.1 Å².